The summed E-state index contributed by atoms with van der Waals surface area (Å²) in [4.78, 5) is 7.14. The number of nitrogens with one attached hydrogen (secondary N) is 1. The summed E-state index contributed by atoms with van der Waals surface area (Å²) >= 11 is 0. The lowest BCUT2D eigenvalue weighted by atomic mass is 9.87. The van der Waals surface area contributed by atoms with Crippen molar-refractivity contribution in [3.05, 3.63) is 64.6 Å². The van der Waals surface area contributed by atoms with Gasteiger partial charge in [-0.1, -0.05) is 13.3 Å². The highest BCUT2D eigenvalue weighted by Crippen LogP contribution is 2.44. The van der Waals surface area contributed by atoms with E-state index in [0.717, 1.165) is 24.9 Å². The van der Waals surface area contributed by atoms with E-state index in [1.807, 2.05) is 6.92 Å². The third-order valence-electron chi connectivity index (χ3n) is 7.79. The first-order valence-electron chi connectivity index (χ1n) is 13.3. The second-order valence-corrected chi connectivity index (χ2v) is 11.1. The number of H-pyrrole nitrogens is 1. The average molecular weight is 534 g/mol. The molecule has 9 heteroatoms. The first-order valence-corrected chi connectivity index (χ1v) is 13.3. The van der Waals surface area contributed by atoms with Gasteiger partial charge in [-0.3, -0.25) is 9.80 Å². The average Bonchev–Trinajstić information content (AvgIpc) is 3.18. The highest BCUT2D eigenvalue weighted by atomic mass is 19.1. The molecule has 0 bridgehead atoms. The van der Waals surface area contributed by atoms with E-state index in [9.17, 15) is 9.50 Å². The standard InChI is InChI=1S/C29H35F4N3O2/c1-4-5-8-35-13-20(14-35)38-19-11-23(31)26(24(32)12-19)28-27-22(21-10-18(30)6-7-25(21)34-27)9-17(2)36(28)15-29(3,33)16-37/h6-7,10-12,17,20,28,34,37H,4-5,8-9,13-16H2,1-3H3/t17-,28-,29+/m1/s1. The molecule has 5 rings (SSSR count). The van der Waals surface area contributed by atoms with Crippen LogP contribution in [0, 0.1) is 17.5 Å². The lowest BCUT2D eigenvalue weighted by Crippen LogP contribution is -2.53. The Morgan fingerprint density at radius 1 is 1.13 bits per heavy atom. The van der Waals surface area contributed by atoms with Crippen molar-refractivity contribution in [1.29, 1.82) is 0 Å². The van der Waals surface area contributed by atoms with Crippen LogP contribution in [0.15, 0.2) is 30.3 Å². The fourth-order valence-electron chi connectivity index (χ4n) is 5.76. The quantitative estimate of drug-likeness (QED) is 0.357. The van der Waals surface area contributed by atoms with Crippen molar-refractivity contribution in [3.63, 3.8) is 0 Å². The molecule has 2 aromatic carbocycles. The molecule has 1 aromatic heterocycles. The predicted octanol–water partition coefficient (Wildman–Crippen LogP) is 5.50. The molecule has 0 unspecified atom stereocenters. The third kappa shape index (κ3) is 5.16. The van der Waals surface area contributed by atoms with E-state index in [0.29, 0.717) is 36.1 Å². The second-order valence-electron chi connectivity index (χ2n) is 11.1. The van der Waals surface area contributed by atoms with Gasteiger partial charge in [0.05, 0.1) is 12.6 Å². The highest BCUT2D eigenvalue weighted by Gasteiger charge is 2.42. The number of likely N-dealkylation sites (tertiary alicyclic amines) is 1. The molecular formula is C29H35F4N3O2. The number of aromatic nitrogens is 1. The van der Waals surface area contributed by atoms with Gasteiger partial charge in [0.15, 0.2) is 0 Å². The van der Waals surface area contributed by atoms with Gasteiger partial charge in [-0.25, -0.2) is 17.6 Å². The number of aliphatic hydroxyl groups is 1. The topological polar surface area (TPSA) is 51.7 Å². The Morgan fingerprint density at radius 2 is 1.84 bits per heavy atom. The van der Waals surface area contributed by atoms with E-state index in [-0.39, 0.29) is 30.0 Å². The third-order valence-corrected chi connectivity index (χ3v) is 7.79. The van der Waals surface area contributed by atoms with Crippen molar-refractivity contribution in [3.8, 4) is 5.75 Å². The van der Waals surface area contributed by atoms with Crippen LogP contribution >= 0.6 is 0 Å². The lowest BCUT2D eigenvalue weighted by Gasteiger charge is -2.43. The number of nitrogens with zero attached hydrogens (tertiary/aromatic N) is 2. The van der Waals surface area contributed by atoms with Crippen molar-refractivity contribution in [2.45, 2.75) is 63.9 Å². The van der Waals surface area contributed by atoms with Gasteiger partial charge in [-0.2, -0.15) is 0 Å². The van der Waals surface area contributed by atoms with Crippen LogP contribution in [-0.4, -0.2) is 70.5 Å². The van der Waals surface area contributed by atoms with Crippen LogP contribution < -0.4 is 4.74 Å². The van der Waals surface area contributed by atoms with Gasteiger partial charge in [-0.05, 0) is 57.0 Å². The van der Waals surface area contributed by atoms with E-state index in [1.165, 1.54) is 31.2 Å². The summed E-state index contributed by atoms with van der Waals surface area (Å²) in [5.74, 6) is -1.90. The fourth-order valence-corrected chi connectivity index (χ4v) is 5.76. The molecule has 2 aliphatic heterocycles. The van der Waals surface area contributed by atoms with E-state index < -0.39 is 35.8 Å². The van der Waals surface area contributed by atoms with E-state index in [2.05, 4.69) is 16.8 Å². The van der Waals surface area contributed by atoms with E-state index in [1.54, 1.807) is 11.0 Å². The van der Waals surface area contributed by atoms with Crippen LogP contribution in [0.4, 0.5) is 17.6 Å². The van der Waals surface area contributed by atoms with Crippen LogP contribution in [0.3, 0.4) is 0 Å². The van der Waals surface area contributed by atoms with Gasteiger partial charge in [0.1, 0.15) is 35.0 Å². The zero-order chi connectivity index (χ0) is 27.2. The molecule has 206 valence electrons. The summed E-state index contributed by atoms with van der Waals surface area (Å²) in [5, 5.41) is 10.3. The number of aromatic amines is 1. The van der Waals surface area contributed by atoms with Gasteiger partial charge in [-0.15, -0.1) is 0 Å². The van der Waals surface area contributed by atoms with Crippen molar-refractivity contribution < 1.29 is 27.4 Å². The zero-order valence-corrected chi connectivity index (χ0v) is 22.0. The molecule has 3 atom stereocenters. The van der Waals surface area contributed by atoms with Crippen molar-refractivity contribution in [2.75, 3.05) is 32.8 Å². The molecule has 2 N–H and O–H groups in total. The molecule has 3 heterocycles. The number of aliphatic hydroxyl groups excluding tert-OH is 1. The first-order chi connectivity index (χ1) is 18.1. The van der Waals surface area contributed by atoms with Crippen molar-refractivity contribution >= 4 is 10.9 Å². The number of ether oxygens (including phenoxy) is 1. The smallest absolute Gasteiger partial charge is 0.143 e. The molecule has 0 saturated carbocycles. The van der Waals surface area contributed by atoms with Gasteiger partial charge in [0.2, 0.25) is 0 Å². The van der Waals surface area contributed by atoms with Gasteiger partial charge in [0, 0.05) is 60.0 Å². The molecule has 0 amide bonds. The Balaban J connectivity index is 1.52. The molecular weight excluding hydrogens is 498 g/mol. The minimum Gasteiger partial charge on any atom is -0.488 e. The fraction of sp³-hybridized carbons (Fsp3) is 0.517. The molecule has 38 heavy (non-hydrogen) atoms. The molecule has 0 radical (unpaired) electrons. The molecule has 2 aliphatic rings. The van der Waals surface area contributed by atoms with Crippen LogP contribution in [0.25, 0.3) is 10.9 Å². The van der Waals surface area contributed by atoms with Crippen LogP contribution in [-0.2, 0) is 6.42 Å². The van der Waals surface area contributed by atoms with Crippen LogP contribution in [0.1, 0.15) is 56.5 Å². The minimum absolute atomic E-state index is 0.115. The molecule has 0 aliphatic carbocycles. The maximum atomic E-state index is 15.8. The largest absolute Gasteiger partial charge is 0.488 e. The summed E-state index contributed by atoms with van der Waals surface area (Å²) in [7, 11) is 0. The van der Waals surface area contributed by atoms with Gasteiger partial charge < -0.3 is 14.8 Å². The molecule has 5 nitrogen and oxygen atoms in total. The van der Waals surface area contributed by atoms with E-state index >= 15 is 13.2 Å². The highest BCUT2D eigenvalue weighted by molar-refractivity contribution is 5.85. The SMILES string of the molecule is CCCCN1CC(Oc2cc(F)c([C@@H]3c4[nH]c5ccc(F)cc5c4C[C@@H](C)N3C[C@](C)(F)CO)c(F)c2)C1. The number of alkyl halides is 1. The minimum atomic E-state index is -1.99. The number of benzene rings is 2. The monoisotopic (exact) mass is 533 g/mol. The van der Waals surface area contributed by atoms with Gasteiger partial charge >= 0.3 is 0 Å². The maximum absolute atomic E-state index is 15.8. The number of halogens is 4. The molecule has 1 fully saturated rings. The Hall–Kier alpha value is -2.62. The second kappa shape index (κ2) is 10.5. The summed E-state index contributed by atoms with van der Waals surface area (Å²) in [5.41, 5.74) is -0.345. The Labute approximate surface area is 220 Å². The number of hydrogen-bond acceptors (Lipinski definition) is 4. The number of hydrogen-bond donors (Lipinski definition) is 2. The number of unbranched alkanes of at least 4 members (excludes halogenated alkanes) is 1. The van der Waals surface area contributed by atoms with Crippen molar-refractivity contribution in [2.24, 2.45) is 0 Å². The van der Waals surface area contributed by atoms with E-state index in [4.69, 9.17) is 4.74 Å². The molecule has 1 saturated heterocycles. The Morgan fingerprint density at radius 3 is 2.50 bits per heavy atom. The lowest BCUT2D eigenvalue weighted by molar-refractivity contribution is 0.0153. The zero-order valence-electron chi connectivity index (χ0n) is 22.0. The Kier molecular flexibility index (Phi) is 7.46. The molecule has 3 aromatic rings. The van der Waals surface area contributed by atoms with Gasteiger partial charge in [0.25, 0.3) is 0 Å². The molecule has 0 spiro atoms. The number of rotatable bonds is 9. The first kappa shape index (κ1) is 27.0. The normalized spacial score (nSPS) is 22.3. The van der Waals surface area contributed by atoms with Crippen LogP contribution in [0.5, 0.6) is 5.75 Å². The predicted molar refractivity (Wildman–Crippen MR) is 139 cm³/mol. The maximum Gasteiger partial charge on any atom is 0.143 e. The Bertz CT molecular complexity index is 1280. The summed E-state index contributed by atoms with van der Waals surface area (Å²) in [6.45, 7) is 6.66. The summed E-state index contributed by atoms with van der Waals surface area (Å²) < 4.78 is 66.6. The number of fused-ring (bicyclic) bond motifs is 3. The van der Waals surface area contributed by atoms with Crippen molar-refractivity contribution in [1.82, 2.24) is 14.8 Å². The van der Waals surface area contributed by atoms with Crippen LogP contribution in [0.2, 0.25) is 0 Å². The summed E-state index contributed by atoms with van der Waals surface area (Å²) in [6.07, 6.45) is 2.49. The summed E-state index contributed by atoms with van der Waals surface area (Å²) in [6, 6.07) is 5.35.